The molecular weight excluding hydrogens is 469 g/mol. The zero-order valence-corrected chi connectivity index (χ0v) is 19.4. The number of Topliss-reactive ketones (excluding diaryl/α,β-unsaturated/α-hetero) is 1. The number of carbonyl (C=O) groups is 2. The van der Waals surface area contributed by atoms with Crippen LogP contribution < -0.4 is 14.4 Å². The van der Waals surface area contributed by atoms with E-state index in [1.165, 1.54) is 31.3 Å². The lowest BCUT2D eigenvalue weighted by atomic mass is 9.98. The number of hydrogen-bond donors (Lipinski definition) is 1. The fraction of sp³-hybridized carbons (Fsp3) is 0.167. The van der Waals surface area contributed by atoms with Gasteiger partial charge < -0.3 is 19.0 Å². The Kier molecular flexibility index (Phi) is 6.10. The van der Waals surface area contributed by atoms with Crippen molar-refractivity contribution in [2.45, 2.75) is 13.0 Å². The Hall–Kier alpha value is -3.42. The first-order valence-electron chi connectivity index (χ1n) is 9.81. The first-order valence-corrected chi connectivity index (χ1v) is 10.6. The van der Waals surface area contributed by atoms with Crippen LogP contribution in [-0.2, 0) is 9.59 Å². The molecule has 0 spiro atoms. The number of anilines is 1. The summed E-state index contributed by atoms with van der Waals surface area (Å²) in [5, 5.41) is 12.0. The third-order valence-corrected chi connectivity index (χ3v) is 5.82. The lowest BCUT2D eigenvalue weighted by Gasteiger charge is -2.23. The van der Waals surface area contributed by atoms with E-state index in [2.05, 4.69) is 0 Å². The average molecular weight is 488 g/mol. The number of nitrogens with zero attached hydrogens (tertiary/aromatic N) is 1. The molecule has 1 saturated heterocycles. The fourth-order valence-corrected chi connectivity index (χ4v) is 4.20. The van der Waals surface area contributed by atoms with Crippen LogP contribution in [0.3, 0.4) is 0 Å². The summed E-state index contributed by atoms with van der Waals surface area (Å²) >= 11 is 12.3. The summed E-state index contributed by atoms with van der Waals surface area (Å²) in [5.74, 6) is -0.848. The lowest BCUT2D eigenvalue weighted by molar-refractivity contribution is -0.132. The molecule has 0 saturated carbocycles. The Morgan fingerprint density at radius 3 is 2.36 bits per heavy atom. The molecule has 1 aliphatic rings. The normalized spacial score (nSPS) is 17.5. The third-order valence-electron chi connectivity index (χ3n) is 5.29. The van der Waals surface area contributed by atoms with Gasteiger partial charge in [-0.25, -0.2) is 0 Å². The van der Waals surface area contributed by atoms with Crippen LogP contribution in [0, 0.1) is 6.92 Å². The van der Waals surface area contributed by atoms with Crippen LogP contribution in [0.4, 0.5) is 5.69 Å². The molecule has 0 bridgehead atoms. The van der Waals surface area contributed by atoms with Gasteiger partial charge in [0.1, 0.15) is 34.8 Å². The Morgan fingerprint density at radius 1 is 1.03 bits per heavy atom. The summed E-state index contributed by atoms with van der Waals surface area (Å²) in [5.41, 5.74) is 0.344. The average Bonchev–Trinajstić information content (AvgIpc) is 3.33. The van der Waals surface area contributed by atoms with Crippen LogP contribution in [-0.4, -0.2) is 31.0 Å². The number of ketones is 1. The van der Waals surface area contributed by atoms with E-state index in [0.29, 0.717) is 22.2 Å². The molecule has 0 radical (unpaired) electrons. The maximum Gasteiger partial charge on any atom is 0.300 e. The van der Waals surface area contributed by atoms with Gasteiger partial charge in [-0.15, -0.1) is 0 Å². The van der Waals surface area contributed by atoms with E-state index in [4.69, 9.17) is 37.1 Å². The van der Waals surface area contributed by atoms with E-state index >= 15 is 0 Å². The highest BCUT2D eigenvalue weighted by Gasteiger charge is 2.48. The van der Waals surface area contributed by atoms with Crippen LogP contribution in [0.15, 0.2) is 58.5 Å². The first-order chi connectivity index (χ1) is 15.8. The number of carbonyl (C=O) groups excluding carboxylic acids is 2. The second kappa shape index (κ2) is 8.84. The number of halogens is 2. The van der Waals surface area contributed by atoms with Gasteiger partial charge in [-0.05, 0) is 43.3 Å². The van der Waals surface area contributed by atoms with Crippen LogP contribution in [0.5, 0.6) is 11.5 Å². The maximum atomic E-state index is 13.2. The number of furan rings is 1. The zero-order chi connectivity index (χ0) is 23.9. The predicted molar refractivity (Wildman–Crippen MR) is 124 cm³/mol. The minimum atomic E-state index is -1.04. The smallest absolute Gasteiger partial charge is 0.300 e. The van der Waals surface area contributed by atoms with Gasteiger partial charge in [0.15, 0.2) is 0 Å². The second-order valence-corrected chi connectivity index (χ2v) is 8.13. The molecule has 33 heavy (non-hydrogen) atoms. The molecular formula is C24H19Cl2NO6. The van der Waals surface area contributed by atoms with E-state index in [9.17, 15) is 14.7 Å². The van der Waals surface area contributed by atoms with Crippen molar-refractivity contribution in [1.29, 1.82) is 0 Å². The number of benzene rings is 2. The molecule has 4 rings (SSSR count). The summed E-state index contributed by atoms with van der Waals surface area (Å²) in [6, 6.07) is 11.7. The molecule has 170 valence electrons. The fourth-order valence-electron chi connectivity index (χ4n) is 3.78. The molecule has 1 fully saturated rings. The zero-order valence-electron chi connectivity index (χ0n) is 17.9. The summed E-state index contributed by atoms with van der Waals surface area (Å²) in [4.78, 5) is 27.6. The van der Waals surface area contributed by atoms with Gasteiger partial charge in [0, 0.05) is 16.8 Å². The molecule has 1 N–H and O–H groups in total. The van der Waals surface area contributed by atoms with E-state index in [0.717, 1.165) is 0 Å². The largest absolute Gasteiger partial charge is 0.507 e. The van der Waals surface area contributed by atoms with Crippen molar-refractivity contribution in [2.75, 3.05) is 19.1 Å². The number of aliphatic hydroxyl groups excluding tert-OH is 1. The molecule has 1 aliphatic heterocycles. The summed E-state index contributed by atoms with van der Waals surface area (Å²) in [7, 11) is 2.81. The van der Waals surface area contributed by atoms with Crippen molar-refractivity contribution in [1.82, 2.24) is 0 Å². The number of aryl methyl sites for hydroxylation is 1. The summed E-state index contributed by atoms with van der Waals surface area (Å²) in [6.07, 6.45) is 0. The number of rotatable bonds is 5. The molecule has 3 aromatic rings. The number of aliphatic hydroxyl groups is 1. The van der Waals surface area contributed by atoms with Gasteiger partial charge >= 0.3 is 0 Å². The number of methoxy groups -OCH3 is 2. The van der Waals surface area contributed by atoms with Crippen LogP contribution in [0.25, 0.3) is 5.76 Å². The monoisotopic (exact) mass is 487 g/mol. The Morgan fingerprint density at radius 2 is 1.76 bits per heavy atom. The Balaban J connectivity index is 1.99. The van der Waals surface area contributed by atoms with Gasteiger partial charge in [-0.1, -0.05) is 29.3 Å². The predicted octanol–water partition coefficient (Wildman–Crippen LogP) is 5.54. The van der Waals surface area contributed by atoms with Crippen molar-refractivity contribution in [3.8, 4) is 11.5 Å². The highest BCUT2D eigenvalue weighted by molar-refractivity contribution is 6.51. The molecule has 0 aliphatic carbocycles. The minimum Gasteiger partial charge on any atom is -0.507 e. The number of ether oxygens (including phenoxy) is 2. The lowest BCUT2D eigenvalue weighted by Crippen LogP contribution is -2.29. The van der Waals surface area contributed by atoms with Crippen LogP contribution in [0.1, 0.15) is 23.1 Å². The summed E-state index contributed by atoms with van der Waals surface area (Å²) in [6.45, 7) is 1.74. The van der Waals surface area contributed by atoms with Crippen molar-refractivity contribution >= 4 is 46.3 Å². The quantitative estimate of drug-likeness (QED) is 0.288. The van der Waals surface area contributed by atoms with E-state index < -0.39 is 23.5 Å². The topological polar surface area (TPSA) is 89.2 Å². The highest BCUT2D eigenvalue weighted by atomic mass is 35.5. The highest BCUT2D eigenvalue weighted by Crippen LogP contribution is 2.45. The Bertz CT molecular complexity index is 1300. The van der Waals surface area contributed by atoms with Gasteiger partial charge in [-0.3, -0.25) is 14.5 Å². The van der Waals surface area contributed by atoms with E-state index in [1.807, 2.05) is 0 Å². The Labute approximate surface area is 199 Å². The van der Waals surface area contributed by atoms with Gasteiger partial charge in [0.2, 0.25) is 0 Å². The van der Waals surface area contributed by atoms with Gasteiger partial charge in [-0.2, -0.15) is 0 Å². The van der Waals surface area contributed by atoms with E-state index in [1.54, 1.807) is 43.3 Å². The molecule has 1 aromatic heterocycles. The van der Waals surface area contributed by atoms with Gasteiger partial charge in [0.25, 0.3) is 11.7 Å². The summed E-state index contributed by atoms with van der Waals surface area (Å²) < 4.78 is 16.4. The van der Waals surface area contributed by atoms with Crippen LogP contribution >= 0.6 is 23.2 Å². The van der Waals surface area contributed by atoms with Crippen molar-refractivity contribution in [3.05, 3.63) is 81.2 Å². The van der Waals surface area contributed by atoms with Crippen LogP contribution in [0.2, 0.25) is 10.0 Å². The third kappa shape index (κ3) is 3.94. The molecule has 2 aromatic carbocycles. The number of hydrogen-bond acceptors (Lipinski definition) is 6. The molecule has 1 amide bonds. The minimum absolute atomic E-state index is 0.135. The SMILES string of the molecule is COc1cc(/C(O)=C2\C(=O)C(=O)N(c3cccc(Cl)c3)C2c2ccc(C)o2)c(OC)cc1Cl. The molecule has 9 heteroatoms. The van der Waals surface area contributed by atoms with Crippen molar-refractivity contribution in [3.63, 3.8) is 0 Å². The molecule has 1 atom stereocenters. The second-order valence-electron chi connectivity index (χ2n) is 7.28. The van der Waals surface area contributed by atoms with Crippen molar-refractivity contribution < 1.29 is 28.6 Å². The molecule has 1 unspecified atom stereocenters. The number of amides is 1. The van der Waals surface area contributed by atoms with Crippen molar-refractivity contribution in [2.24, 2.45) is 0 Å². The van der Waals surface area contributed by atoms with Gasteiger partial charge in [0.05, 0.1) is 30.4 Å². The maximum absolute atomic E-state index is 13.2. The van der Waals surface area contributed by atoms with E-state index in [-0.39, 0.29) is 27.7 Å². The standard InChI is InChI=1S/C24H19Cl2NO6/c1-12-7-8-17(33-12)21-20(22(28)15-10-19(32-3)16(26)11-18(15)31-2)23(29)24(30)27(21)14-6-4-5-13(25)9-14/h4-11,21,28H,1-3H3/b22-20+. The molecule has 7 nitrogen and oxygen atoms in total. The first kappa shape index (κ1) is 22.8. The molecule has 2 heterocycles.